The topological polar surface area (TPSA) is 51.7 Å². The van der Waals surface area contributed by atoms with Gasteiger partial charge in [0.1, 0.15) is 11.2 Å². The van der Waals surface area contributed by atoms with E-state index in [0.717, 1.165) is 52.8 Å². The van der Waals surface area contributed by atoms with Gasteiger partial charge in [-0.1, -0.05) is 134 Å². The van der Waals surface area contributed by atoms with Crippen molar-refractivity contribution in [1.82, 2.24) is 5.32 Å². The molecule has 0 bridgehead atoms. The number of rotatable bonds is 11. The highest BCUT2D eigenvalue weighted by Gasteiger charge is 2.63. The molecule has 0 radical (unpaired) electrons. The molecule has 0 saturated heterocycles. The maximum absolute atomic E-state index is 5.62. The van der Waals surface area contributed by atoms with E-state index in [1.54, 1.807) is 0 Å². The van der Waals surface area contributed by atoms with Crippen molar-refractivity contribution < 1.29 is 0 Å². The monoisotopic (exact) mass is 713 g/mol. The molecule has 3 N–H and O–H groups in total. The first-order valence-electron chi connectivity index (χ1n) is 19.4. The van der Waals surface area contributed by atoms with Gasteiger partial charge in [-0.15, -0.1) is 0 Å². The summed E-state index contributed by atoms with van der Waals surface area (Å²) < 4.78 is 0. The van der Waals surface area contributed by atoms with E-state index in [1.165, 1.54) is 33.4 Å². The van der Waals surface area contributed by atoms with Gasteiger partial charge in [0, 0.05) is 34.6 Å². The average Bonchev–Trinajstić information content (AvgIpc) is 3.55. The van der Waals surface area contributed by atoms with Gasteiger partial charge in [-0.3, -0.25) is 0 Å². The van der Waals surface area contributed by atoms with Crippen LogP contribution in [0.1, 0.15) is 74.4 Å². The highest BCUT2D eigenvalue weighted by atomic mass is 15.3. The molecule has 1 heterocycles. The molecule has 3 atom stereocenters. The van der Waals surface area contributed by atoms with Gasteiger partial charge in [0.25, 0.3) is 0 Å². The zero-order chi connectivity index (χ0) is 38.0. The molecule has 5 nitrogen and oxygen atoms in total. The molecule has 0 amide bonds. The standard InChI is InChI=1S/C49H55N5/c1-33(2)50-44(39-12-10-9-11-13-39)32-48(8)30-38(7)31-49(48)46(52-41-24-16-35(4)17-25-41)45(51-40-22-14-34(3)15-23-40)47(53-42-26-18-36(5)19-27-42)54(49)43-28-20-37(6)21-29-43/h9-30,33,44,50-52H,31-32H2,1-8H3/t44-,48+,49-/m1/s1. The molecule has 0 saturated carbocycles. The van der Waals surface area contributed by atoms with Crippen LogP contribution in [-0.4, -0.2) is 17.4 Å². The fourth-order valence-corrected chi connectivity index (χ4v) is 8.49. The van der Waals surface area contributed by atoms with Crippen LogP contribution in [0.2, 0.25) is 0 Å². The second-order valence-electron chi connectivity index (χ2n) is 16.1. The van der Waals surface area contributed by atoms with E-state index in [-0.39, 0.29) is 11.5 Å². The Morgan fingerprint density at radius 3 is 1.72 bits per heavy atom. The predicted octanol–water partition coefficient (Wildman–Crippen LogP) is 12.1. The van der Waals surface area contributed by atoms with Crippen LogP contribution in [0.3, 0.4) is 0 Å². The van der Waals surface area contributed by atoms with Gasteiger partial charge in [0.2, 0.25) is 0 Å². The molecule has 1 aliphatic heterocycles. The highest BCUT2D eigenvalue weighted by Crippen LogP contribution is 2.60. The number of amidine groups is 1. The molecule has 276 valence electrons. The molecule has 7 rings (SSSR count). The van der Waals surface area contributed by atoms with Gasteiger partial charge in [0.15, 0.2) is 5.84 Å². The SMILES string of the molecule is CC1=C[C@@](C)(C[C@@H](NC(C)C)c2ccccc2)[C@@]2(C1)C(Nc1ccc(C)cc1)=C(Nc1ccc(C)cc1)C(=Nc1ccc(C)cc1)N2c1ccc(C)cc1. The zero-order valence-electron chi connectivity index (χ0n) is 33.2. The van der Waals surface area contributed by atoms with Crippen LogP contribution in [-0.2, 0) is 0 Å². The molecule has 5 aromatic rings. The lowest BCUT2D eigenvalue weighted by Gasteiger charge is -2.50. The van der Waals surface area contributed by atoms with Crippen LogP contribution in [0.15, 0.2) is 155 Å². The smallest absolute Gasteiger partial charge is 0.160 e. The molecule has 5 heteroatoms. The summed E-state index contributed by atoms with van der Waals surface area (Å²) in [6.45, 7) is 17.8. The van der Waals surface area contributed by atoms with Crippen molar-refractivity contribution in [3.8, 4) is 0 Å². The Morgan fingerprint density at radius 1 is 0.648 bits per heavy atom. The van der Waals surface area contributed by atoms with Gasteiger partial charge in [-0.05, 0) is 102 Å². The molecule has 0 unspecified atom stereocenters. The van der Waals surface area contributed by atoms with Crippen molar-refractivity contribution in [3.05, 3.63) is 178 Å². The summed E-state index contributed by atoms with van der Waals surface area (Å²) in [6.07, 6.45) is 4.24. The Morgan fingerprint density at radius 2 is 1.17 bits per heavy atom. The minimum atomic E-state index is -0.584. The maximum Gasteiger partial charge on any atom is 0.160 e. The number of nitrogens with zero attached hydrogens (tertiary/aromatic N) is 2. The number of nitrogens with one attached hydrogen (secondary N) is 3. The summed E-state index contributed by atoms with van der Waals surface area (Å²) in [6, 6.07) is 46.4. The predicted molar refractivity (Wildman–Crippen MR) is 230 cm³/mol. The van der Waals surface area contributed by atoms with E-state index in [9.17, 15) is 0 Å². The molecular formula is C49H55N5. The van der Waals surface area contributed by atoms with Gasteiger partial charge in [-0.25, -0.2) is 4.99 Å². The number of anilines is 3. The summed E-state index contributed by atoms with van der Waals surface area (Å²) in [4.78, 5) is 8.18. The maximum atomic E-state index is 5.62. The first-order valence-corrected chi connectivity index (χ1v) is 19.4. The van der Waals surface area contributed by atoms with Gasteiger partial charge in [0.05, 0.1) is 11.4 Å². The van der Waals surface area contributed by atoms with Crippen molar-refractivity contribution in [2.45, 2.75) is 85.9 Å². The lowest BCUT2D eigenvalue weighted by atomic mass is 9.66. The summed E-state index contributed by atoms with van der Waals surface area (Å²) in [7, 11) is 0. The summed E-state index contributed by atoms with van der Waals surface area (Å²) in [5.74, 6) is 0.889. The fourth-order valence-electron chi connectivity index (χ4n) is 8.49. The lowest BCUT2D eigenvalue weighted by Crippen LogP contribution is -2.58. The van der Waals surface area contributed by atoms with Gasteiger partial charge in [-0.2, -0.15) is 0 Å². The van der Waals surface area contributed by atoms with E-state index in [1.807, 2.05) is 0 Å². The molecular weight excluding hydrogens is 659 g/mol. The molecule has 1 aliphatic carbocycles. The van der Waals surface area contributed by atoms with E-state index in [4.69, 9.17) is 4.99 Å². The second-order valence-corrected chi connectivity index (χ2v) is 16.1. The fraction of sp³-hybridized carbons (Fsp3) is 0.286. The Bertz CT molecular complexity index is 2160. The first-order chi connectivity index (χ1) is 25.9. The minimum Gasteiger partial charge on any atom is -0.355 e. The van der Waals surface area contributed by atoms with Crippen LogP contribution in [0.5, 0.6) is 0 Å². The number of aliphatic imine (C=N–C) groups is 1. The zero-order valence-corrected chi connectivity index (χ0v) is 33.2. The van der Waals surface area contributed by atoms with Crippen molar-refractivity contribution in [1.29, 1.82) is 0 Å². The van der Waals surface area contributed by atoms with E-state index in [2.05, 4.69) is 210 Å². The molecule has 54 heavy (non-hydrogen) atoms. The summed E-state index contributed by atoms with van der Waals surface area (Å²) in [5.41, 5.74) is 12.8. The summed E-state index contributed by atoms with van der Waals surface area (Å²) in [5, 5.41) is 12.0. The van der Waals surface area contributed by atoms with Gasteiger partial charge >= 0.3 is 0 Å². The minimum absolute atomic E-state index is 0.113. The van der Waals surface area contributed by atoms with Crippen molar-refractivity contribution in [2.24, 2.45) is 10.4 Å². The van der Waals surface area contributed by atoms with Crippen molar-refractivity contribution in [2.75, 3.05) is 15.5 Å². The van der Waals surface area contributed by atoms with Crippen molar-refractivity contribution >= 4 is 28.6 Å². The van der Waals surface area contributed by atoms with E-state index < -0.39 is 5.54 Å². The third-order valence-electron chi connectivity index (χ3n) is 11.1. The Kier molecular flexibility index (Phi) is 10.4. The third kappa shape index (κ3) is 7.38. The molecule has 0 fully saturated rings. The second kappa shape index (κ2) is 15.2. The molecule has 0 aromatic heterocycles. The summed E-state index contributed by atoms with van der Waals surface area (Å²) >= 11 is 0. The highest BCUT2D eigenvalue weighted by molar-refractivity contribution is 6.18. The normalized spacial score (nSPS) is 20.9. The van der Waals surface area contributed by atoms with Crippen LogP contribution < -0.4 is 20.9 Å². The molecule has 1 spiro atoms. The average molecular weight is 714 g/mol. The lowest BCUT2D eigenvalue weighted by molar-refractivity contribution is 0.217. The van der Waals surface area contributed by atoms with E-state index in [0.29, 0.717) is 6.04 Å². The molecule has 2 aliphatic rings. The third-order valence-corrected chi connectivity index (χ3v) is 11.1. The van der Waals surface area contributed by atoms with Crippen LogP contribution >= 0.6 is 0 Å². The largest absolute Gasteiger partial charge is 0.355 e. The Hall–Kier alpha value is -5.39. The quantitative estimate of drug-likeness (QED) is 0.119. The number of hydrogen-bond acceptors (Lipinski definition) is 4. The number of benzene rings is 5. The van der Waals surface area contributed by atoms with Crippen LogP contribution in [0, 0.1) is 33.1 Å². The van der Waals surface area contributed by atoms with Gasteiger partial charge < -0.3 is 20.9 Å². The Labute approximate surface area is 323 Å². The van der Waals surface area contributed by atoms with E-state index >= 15 is 0 Å². The number of hydrogen-bond donors (Lipinski definition) is 3. The van der Waals surface area contributed by atoms with Crippen LogP contribution in [0.4, 0.5) is 22.7 Å². The molecule has 5 aromatic carbocycles. The van der Waals surface area contributed by atoms with Crippen molar-refractivity contribution in [3.63, 3.8) is 0 Å². The van der Waals surface area contributed by atoms with Crippen LogP contribution in [0.25, 0.3) is 0 Å². The first kappa shape index (κ1) is 36.9. The Balaban J connectivity index is 1.54. The number of aryl methyl sites for hydroxylation is 4.